The molecule has 24 heavy (non-hydrogen) atoms. The fourth-order valence-corrected chi connectivity index (χ4v) is 2.31. The number of nitriles is 1. The van der Waals surface area contributed by atoms with Crippen LogP contribution in [0.1, 0.15) is 11.3 Å². The third-order valence-electron chi connectivity index (χ3n) is 3.33. The van der Waals surface area contributed by atoms with E-state index in [1.807, 2.05) is 30.3 Å². The summed E-state index contributed by atoms with van der Waals surface area (Å²) in [5, 5.41) is 9.21. The zero-order chi connectivity index (χ0) is 16.9. The molecular weight excluding hydrogens is 328 g/mol. The molecular formula is C18H13ClN2O3. The highest BCUT2D eigenvalue weighted by Crippen LogP contribution is 2.27. The van der Waals surface area contributed by atoms with Gasteiger partial charge in [0.25, 0.3) is 0 Å². The fourth-order valence-electron chi connectivity index (χ4n) is 2.08. The molecule has 0 unspecified atom stereocenters. The second-order valence-electron chi connectivity index (χ2n) is 4.92. The number of aromatic nitrogens is 1. The van der Waals surface area contributed by atoms with Crippen LogP contribution < -0.4 is 9.47 Å². The Labute approximate surface area is 144 Å². The molecule has 0 saturated heterocycles. The van der Waals surface area contributed by atoms with Gasteiger partial charge in [-0.1, -0.05) is 11.6 Å². The average molecular weight is 341 g/mol. The number of ether oxygens (including phenoxy) is 2. The van der Waals surface area contributed by atoms with Crippen molar-refractivity contribution in [3.8, 4) is 29.0 Å². The van der Waals surface area contributed by atoms with Crippen LogP contribution in [0.4, 0.5) is 0 Å². The summed E-state index contributed by atoms with van der Waals surface area (Å²) in [4.78, 5) is 4.39. The molecule has 0 aliphatic heterocycles. The van der Waals surface area contributed by atoms with Gasteiger partial charge in [0.2, 0.25) is 5.89 Å². The number of hydrogen-bond acceptors (Lipinski definition) is 5. The minimum atomic E-state index is 0.214. The highest BCUT2D eigenvalue weighted by atomic mass is 35.5. The number of oxazole rings is 1. The van der Waals surface area contributed by atoms with Crippen molar-refractivity contribution in [3.05, 3.63) is 65.0 Å². The van der Waals surface area contributed by atoms with E-state index in [1.54, 1.807) is 25.3 Å². The van der Waals surface area contributed by atoms with Crippen molar-refractivity contribution in [2.24, 2.45) is 0 Å². The Bertz CT molecular complexity index is 882. The Hall–Kier alpha value is -2.97. The quantitative estimate of drug-likeness (QED) is 0.686. The third-order valence-corrected chi connectivity index (χ3v) is 3.62. The summed E-state index contributed by atoms with van der Waals surface area (Å²) in [6, 6.07) is 14.3. The molecule has 3 aromatic rings. The number of benzene rings is 2. The number of nitrogens with zero attached hydrogens (tertiary/aromatic N) is 2. The summed E-state index contributed by atoms with van der Waals surface area (Å²) in [7, 11) is 1.61. The van der Waals surface area contributed by atoms with E-state index in [2.05, 4.69) is 4.98 Å². The van der Waals surface area contributed by atoms with Gasteiger partial charge < -0.3 is 13.9 Å². The van der Waals surface area contributed by atoms with E-state index in [1.165, 1.54) is 6.26 Å². The topological polar surface area (TPSA) is 68.3 Å². The van der Waals surface area contributed by atoms with Gasteiger partial charge in [-0.2, -0.15) is 5.26 Å². The fraction of sp³-hybridized carbons (Fsp3) is 0.111. The van der Waals surface area contributed by atoms with Crippen LogP contribution in [0.15, 0.2) is 53.1 Å². The van der Waals surface area contributed by atoms with Gasteiger partial charge in [0.05, 0.1) is 23.8 Å². The summed E-state index contributed by atoms with van der Waals surface area (Å²) in [6.45, 7) is 0.214. The van der Waals surface area contributed by atoms with E-state index >= 15 is 0 Å². The standard InChI is InChI=1S/C18H13ClN2O3/c1-22-15-5-3-13(4-6-15)18-21-14(11-24-18)10-23-17-7-2-12(9-20)8-16(17)19/h2-8,11H,10H2,1H3. The molecule has 0 amide bonds. The smallest absolute Gasteiger partial charge is 0.226 e. The van der Waals surface area contributed by atoms with Crippen LogP contribution in [-0.4, -0.2) is 12.1 Å². The molecule has 0 saturated carbocycles. The van der Waals surface area contributed by atoms with Crippen molar-refractivity contribution in [3.63, 3.8) is 0 Å². The van der Waals surface area contributed by atoms with Gasteiger partial charge in [0.1, 0.15) is 30.1 Å². The molecule has 0 fully saturated rings. The van der Waals surface area contributed by atoms with E-state index in [0.29, 0.717) is 27.9 Å². The molecule has 0 aliphatic carbocycles. The van der Waals surface area contributed by atoms with Crippen LogP contribution in [0.5, 0.6) is 11.5 Å². The third kappa shape index (κ3) is 3.50. The Balaban J connectivity index is 1.69. The van der Waals surface area contributed by atoms with Crippen molar-refractivity contribution in [2.45, 2.75) is 6.61 Å². The second kappa shape index (κ2) is 7.07. The highest BCUT2D eigenvalue weighted by Gasteiger charge is 2.09. The summed E-state index contributed by atoms with van der Waals surface area (Å²) in [5.41, 5.74) is 1.97. The molecule has 5 nitrogen and oxygen atoms in total. The maximum absolute atomic E-state index is 8.83. The van der Waals surface area contributed by atoms with Gasteiger partial charge in [-0.25, -0.2) is 4.98 Å². The van der Waals surface area contributed by atoms with Gasteiger partial charge in [-0.15, -0.1) is 0 Å². The van der Waals surface area contributed by atoms with Crippen LogP contribution >= 0.6 is 11.6 Å². The molecule has 6 heteroatoms. The summed E-state index contributed by atoms with van der Waals surface area (Å²) in [6.07, 6.45) is 1.54. The van der Waals surface area contributed by atoms with Gasteiger partial charge in [0, 0.05) is 5.56 Å². The van der Waals surface area contributed by atoms with E-state index < -0.39 is 0 Å². The number of halogens is 1. The predicted molar refractivity (Wildman–Crippen MR) is 89.0 cm³/mol. The van der Waals surface area contributed by atoms with Crippen molar-refractivity contribution in [2.75, 3.05) is 7.11 Å². The van der Waals surface area contributed by atoms with E-state index in [4.69, 9.17) is 30.8 Å². The van der Waals surface area contributed by atoms with Crippen molar-refractivity contribution < 1.29 is 13.9 Å². The van der Waals surface area contributed by atoms with Gasteiger partial charge >= 0.3 is 0 Å². The molecule has 1 heterocycles. The lowest BCUT2D eigenvalue weighted by molar-refractivity contribution is 0.301. The molecule has 0 aliphatic rings. The highest BCUT2D eigenvalue weighted by molar-refractivity contribution is 6.32. The summed E-state index contributed by atoms with van der Waals surface area (Å²) < 4.78 is 16.2. The Morgan fingerprint density at radius 1 is 1.21 bits per heavy atom. The molecule has 0 bridgehead atoms. The molecule has 2 aromatic carbocycles. The number of hydrogen-bond donors (Lipinski definition) is 0. The summed E-state index contributed by atoms with van der Waals surface area (Å²) in [5.74, 6) is 1.76. The van der Waals surface area contributed by atoms with Crippen LogP contribution in [0.3, 0.4) is 0 Å². The zero-order valence-corrected chi connectivity index (χ0v) is 13.6. The first-order valence-electron chi connectivity index (χ1n) is 7.11. The van der Waals surface area contributed by atoms with Gasteiger partial charge in [-0.3, -0.25) is 0 Å². The molecule has 1 aromatic heterocycles. The van der Waals surface area contributed by atoms with Crippen LogP contribution in [0, 0.1) is 11.3 Å². The molecule has 120 valence electrons. The summed E-state index contributed by atoms with van der Waals surface area (Å²) >= 11 is 6.07. The predicted octanol–water partition coefficient (Wildman–Crippen LogP) is 4.45. The zero-order valence-electron chi connectivity index (χ0n) is 12.8. The van der Waals surface area contributed by atoms with Gasteiger partial charge in [-0.05, 0) is 42.5 Å². The Kier molecular flexibility index (Phi) is 4.69. The number of methoxy groups -OCH3 is 1. The maximum Gasteiger partial charge on any atom is 0.226 e. The van der Waals surface area contributed by atoms with Gasteiger partial charge in [0.15, 0.2) is 0 Å². The van der Waals surface area contributed by atoms with Crippen LogP contribution in [0.2, 0.25) is 5.02 Å². The van der Waals surface area contributed by atoms with Crippen LogP contribution in [0.25, 0.3) is 11.5 Å². The van der Waals surface area contributed by atoms with Crippen molar-refractivity contribution >= 4 is 11.6 Å². The second-order valence-corrected chi connectivity index (χ2v) is 5.33. The lowest BCUT2D eigenvalue weighted by atomic mass is 10.2. The first kappa shape index (κ1) is 15.9. The molecule has 0 atom stereocenters. The lowest BCUT2D eigenvalue weighted by Crippen LogP contribution is -1.96. The lowest BCUT2D eigenvalue weighted by Gasteiger charge is -2.05. The molecule has 0 radical (unpaired) electrons. The Morgan fingerprint density at radius 2 is 2.00 bits per heavy atom. The average Bonchev–Trinajstić information content (AvgIpc) is 3.09. The molecule has 3 rings (SSSR count). The number of rotatable bonds is 5. The Morgan fingerprint density at radius 3 is 2.67 bits per heavy atom. The van der Waals surface area contributed by atoms with Crippen molar-refractivity contribution in [1.82, 2.24) is 4.98 Å². The largest absolute Gasteiger partial charge is 0.497 e. The molecule has 0 spiro atoms. The van der Waals surface area contributed by atoms with E-state index in [-0.39, 0.29) is 6.61 Å². The van der Waals surface area contributed by atoms with E-state index in [9.17, 15) is 0 Å². The molecule has 0 N–H and O–H groups in total. The van der Waals surface area contributed by atoms with Crippen LogP contribution in [-0.2, 0) is 6.61 Å². The minimum Gasteiger partial charge on any atom is -0.497 e. The maximum atomic E-state index is 8.83. The monoisotopic (exact) mass is 340 g/mol. The van der Waals surface area contributed by atoms with Crippen molar-refractivity contribution in [1.29, 1.82) is 5.26 Å². The normalized spacial score (nSPS) is 10.2. The van der Waals surface area contributed by atoms with E-state index in [0.717, 1.165) is 11.3 Å². The first-order valence-corrected chi connectivity index (χ1v) is 7.48. The first-order chi connectivity index (χ1) is 11.7. The SMILES string of the molecule is COc1ccc(-c2nc(COc3ccc(C#N)cc3Cl)co2)cc1. The minimum absolute atomic E-state index is 0.214.